The molecule has 1 atom stereocenters. The molecule has 1 unspecified atom stereocenters. The van der Waals surface area contributed by atoms with E-state index in [9.17, 15) is 0 Å². The topological polar surface area (TPSA) is 34.1 Å². The zero-order valence-electron chi connectivity index (χ0n) is 10.8. The number of hydrogen-bond donors (Lipinski definition) is 1. The average molecular weight is 254 g/mol. The van der Waals surface area contributed by atoms with Crippen molar-refractivity contribution in [3.63, 3.8) is 0 Å². The predicted molar refractivity (Wildman–Crippen MR) is 71.9 cm³/mol. The van der Waals surface area contributed by atoms with Gasteiger partial charge in [-0.15, -0.1) is 11.3 Å². The van der Waals surface area contributed by atoms with Crippen LogP contribution >= 0.6 is 11.3 Å². The summed E-state index contributed by atoms with van der Waals surface area (Å²) in [5, 5.41) is 4.59. The summed E-state index contributed by atoms with van der Waals surface area (Å²) in [7, 11) is 3.79. The van der Waals surface area contributed by atoms with Crippen molar-refractivity contribution in [1.29, 1.82) is 0 Å². The Morgan fingerprint density at radius 2 is 2.41 bits per heavy atom. The molecule has 1 aromatic heterocycles. The van der Waals surface area contributed by atoms with Crippen molar-refractivity contribution in [1.82, 2.24) is 10.3 Å². The van der Waals surface area contributed by atoms with E-state index in [-0.39, 0.29) is 0 Å². The third-order valence-corrected chi connectivity index (χ3v) is 4.50. The first kappa shape index (κ1) is 13.0. The maximum atomic E-state index is 5.09. The molecule has 0 aromatic carbocycles. The molecule has 0 bridgehead atoms. The van der Waals surface area contributed by atoms with Crippen LogP contribution in [0.15, 0.2) is 0 Å². The first-order valence-corrected chi connectivity index (χ1v) is 7.28. The maximum Gasteiger partial charge on any atom is 0.0932 e. The van der Waals surface area contributed by atoms with E-state index in [1.54, 1.807) is 7.11 Å². The molecule has 0 radical (unpaired) electrons. The van der Waals surface area contributed by atoms with Crippen LogP contribution in [0.3, 0.4) is 0 Å². The SMILES string of the molecule is CNCC1CCCc2sc(CCCOC)nc21. The van der Waals surface area contributed by atoms with E-state index in [2.05, 4.69) is 5.32 Å². The lowest BCUT2D eigenvalue weighted by molar-refractivity contribution is 0.195. The van der Waals surface area contributed by atoms with Gasteiger partial charge in [-0.1, -0.05) is 0 Å². The van der Waals surface area contributed by atoms with Crippen LogP contribution < -0.4 is 5.32 Å². The van der Waals surface area contributed by atoms with Crippen molar-refractivity contribution in [2.75, 3.05) is 27.3 Å². The molecule has 0 fully saturated rings. The van der Waals surface area contributed by atoms with Crippen LogP contribution in [0.5, 0.6) is 0 Å². The molecule has 4 heteroatoms. The molecule has 0 spiro atoms. The summed E-state index contributed by atoms with van der Waals surface area (Å²) in [4.78, 5) is 6.38. The van der Waals surface area contributed by atoms with Gasteiger partial charge in [0.15, 0.2) is 0 Å². The molecule has 2 rings (SSSR count). The van der Waals surface area contributed by atoms with Crippen LogP contribution in [0.25, 0.3) is 0 Å². The lowest BCUT2D eigenvalue weighted by atomic mass is 9.91. The minimum absolute atomic E-state index is 0.635. The number of rotatable bonds is 6. The van der Waals surface area contributed by atoms with E-state index >= 15 is 0 Å². The zero-order valence-corrected chi connectivity index (χ0v) is 11.6. The molecule has 0 amide bonds. The highest BCUT2D eigenvalue weighted by Crippen LogP contribution is 2.34. The van der Waals surface area contributed by atoms with E-state index in [1.165, 1.54) is 34.8 Å². The van der Waals surface area contributed by atoms with Crippen molar-refractivity contribution in [3.8, 4) is 0 Å². The van der Waals surface area contributed by atoms with Crippen molar-refractivity contribution in [3.05, 3.63) is 15.6 Å². The fraction of sp³-hybridized carbons (Fsp3) is 0.769. The Bertz CT molecular complexity index is 351. The second-order valence-electron chi connectivity index (χ2n) is 4.66. The van der Waals surface area contributed by atoms with Gasteiger partial charge in [0.25, 0.3) is 0 Å². The fourth-order valence-corrected chi connectivity index (χ4v) is 3.72. The number of aromatic nitrogens is 1. The third kappa shape index (κ3) is 3.27. The standard InChI is InChI=1S/C13H22N2OS/c1-14-9-10-5-3-6-11-13(10)15-12(17-11)7-4-8-16-2/h10,14H,3-9H2,1-2H3. The Kier molecular flexibility index (Phi) is 4.95. The summed E-state index contributed by atoms with van der Waals surface area (Å²) >= 11 is 1.92. The molecule has 0 aliphatic heterocycles. The number of nitrogens with zero attached hydrogens (tertiary/aromatic N) is 1. The highest BCUT2D eigenvalue weighted by Gasteiger charge is 2.23. The summed E-state index contributed by atoms with van der Waals surface area (Å²) in [6.07, 6.45) is 5.99. The van der Waals surface area contributed by atoms with Crippen molar-refractivity contribution >= 4 is 11.3 Å². The van der Waals surface area contributed by atoms with Crippen LogP contribution in [0.2, 0.25) is 0 Å². The highest BCUT2D eigenvalue weighted by atomic mass is 32.1. The van der Waals surface area contributed by atoms with Crippen molar-refractivity contribution in [2.45, 2.75) is 38.0 Å². The van der Waals surface area contributed by atoms with E-state index in [4.69, 9.17) is 9.72 Å². The van der Waals surface area contributed by atoms with Gasteiger partial charge in [0.2, 0.25) is 0 Å². The van der Waals surface area contributed by atoms with Gasteiger partial charge < -0.3 is 10.1 Å². The Hall–Kier alpha value is -0.450. The molecule has 0 saturated carbocycles. The first-order valence-electron chi connectivity index (χ1n) is 6.47. The Balaban J connectivity index is 2.02. The quantitative estimate of drug-likeness (QED) is 0.791. The normalized spacial score (nSPS) is 19.3. The van der Waals surface area contributed by atoms with Gasteiger partial charge in [-0.05, 0) is 32.7 Å². The van der Waals surface area contributed by atoms with Crippen LogP contribution in [0.4, 0.5) is 0 Å². The number of hydrogen-bond acceptors (Lipinski definition) is 4. The molecule has 1 heterocycles. The van der Waals surface area contributed by atoms with Gasteiger partial charge in [-0.2, -0.15) is 0 Å². The third-order valence-electron chi connectivity index (χ3n) is 3.30. The highest BCUT2D eigenvalue weighted by molar-refractivity contribution is 7.11. The number of methoxy groups -OCH3 is 1. The molecule has 1 aliphatic rings. The lowest BCUT2D eigenvalue weighted by Gasteiger charge is -2.20. The fourth-order valence-electron chi connectivity index (χ4n) is 2.48. The Labute approximate surface area is 108 Å². The first-order chi connectivity index (χ1) is 8.35. The number of likely N-dealkylation sites (N-methyl/N-ethyl adjacent to an activating group) is 1. The molecular weight excluding hydrogens is 232 g/mol. The molecule has 3 nitrogen and oxygen atoms in total. The van der Waals surface area contributed by atoms with Gasteiger partial charge >= 0.3 is 0 Å². The molecule has 1 aromatic rings. The van der Waals surface area contributed by atoms with Crippen molar-refractivity contribution in [2.24, 2.45) is 0 Å². The summed E-state index contributed by atoms with van der Waals surface area (Å²) in [5.74, 6) is 0.635. The number of ether oxygens (including phenoxy) is 1. The monoisotopic (exact) mass is 254 g/mol. The van der Waals surface area contributed by atoms with Gasteiger partial charge in [0, 0.05) is 37.5 Å². The number of thiazole rings is 1. The second-order valence-corrected chi connectivity index (χ2v) is 5.83. The van der Waals surface area contributed by atoms with Crippen molar-refractivity contribution < 1.29 is 4.74 Å². The maximum absolute atomic E-state index is 5.09. The minimum Gasteiger partial charge on any atom is -0.385 e. The van der Waals surface area contributed by atoms with Crippen LogP contribution in [0.1, 0.15) is 40.8 Å². The lowest BCUT2D eigenvalue weighted by Crippen LogP contribution is -2.21. The van der Waals surface area contributed by atoms with Crippen LogP contribution in [-0.2, 0) is 17.6 Å². The molecule has 0 saturated heterocycles. The Morgan fingerprint density at radius 3 is 3.18 bits per heavy atom. The number of nitrogens with one attached hydrogen (secondary N) is 1. The van der Waals surface area contributed by atoms with E-state index in [1.807, 2.05) is 18.4 Å². The van der Waals surface area contributed by atoms with Gasteiger partial charge in [-0.25, -0.2) is 4.98 Å². The summed E-state index contributed by atoms with van der Waals surface area (Å²) in [6, 6.07) is 0. The van der Waals surface area contributed by atoms with E-state index in [0.717, 1.165) is 26.0 Å². The van der Waals surface area contributed by atoms with Gasteiger partial charge in [-0.3, -0.25) is 0 Å². The van der Waals surface area contributed by atoms with Crippen LogP contribution in [0, 0.1) is 0 Å². The van der Waals surface area contributed by atoms with E-state index < -0.39 is 0 Å². The second kappa shape index (κ2) is 6.47. The summed E-state index contributed by atoms with van der Waals surface area (Å²) in [6.45, 7) is 1.90. The zero-order chi connectivity index (χ0) is 12.1. The van der Waals surface area contributed by atoms with Gasteiger partial charge in [0.05, 0.1) is 10.7 Å². The molecule has 96 valence electrons. The summed E-state index contributed by atoms with van der Waals surface area (Å²) in [5.41, 5.74) is 1.38. The predicted octanol–water partition coefficient (Wildman–Crippen LogP) is 2.36. The molecule has 1 N–H and O–H groups in total. The number of aryl methyl sites for hydroxylation is 2. The Morgan fingerprint density at radius 1 is 1.53 bits per heavy atom. The summed E-state index contributed by atoms with van der Waals surface area (Å²) < 4.78 is 5.09. The molecule has 17 heavy (non-hydrogen) atoms. The van der Waals surface area contributed by atoms with Crippen LogP contribution in [-0.4, -0.2) is 32.3 Å². The smallest absolute Gasteiger partial charge is 0.0932 e. The largest absolute Gasteiger partial charge is 0.385 e. The molecular formula is C13H22N2OS. The van der Waals surface area contributed by atoms with Gasteiger partial charge in [0.1, 0.15) is 0 Å². The minimum atomic E-state index is 0.635. The van der Waals surface area contributed by atoms with E-state index in [0.29, 0.717) is 5.92 Å². The molecule has 1 aliphatic carbocycles. The number of fused-ring (bicyclic) bond motifs is 1. The average Bonchev–Trinajstić information content (AvgIpc) is 2.74.